The number of carbonyl (C=O) groups excluding carboxylic acids is 1. The Kier molecular flexibility index (Phi) is 4.56. The van der Waals surface area contributed by atoms with Crippen molar-refractivity contribution < 1.29 is 4.79 Å². The van der Waals surface area contributed by atoms with Gasteiger partial charge in [-0.1, -0.05) is 30.3 Å². The molecule has 0 spiro atoms. The van der Waals surface area contributed by atoms with Crippen molar-refractivity contribution in [1.82, 2.24) is 4.90 Å². The maximum Gasteiger partial charge on any atom is 0.223 e. The van der Waals surface area contributed by atoms with Gasteiger partial charge >= 0.3 is 0 Å². The highest BCUT2D eigenvalue weighted by molar-refractivity contribution is 7.80. The Labute approximate surface area is 121 Å². The van der Waals surface area contributed by atoms with Crippen molar-refractivity contribution in [3.63, 3.8) is 0 Å². The van der Waals surface area contributed by atoms with Crippen molar-refractivity contribution in [3.05, 3.63) is 35.9 Å². The molecule has 1 aromatic carbocycles. The summed E-state index contributed by atoms with van der Waals surface area (Å²) in [7, 11) is 0. The summed E-state index contributed by atoms with van der Waals surface area (Å²) in [6.45, 7) is 4.88. The standard InChI is InChI=1S/C16H23NOS/c1-13(2)17(11-14-6-4-3-5-7-14)15(18)10-16(12-19)8-9-16/h3-7,13,19H,8-12H2,1-2H3. The van der Waals surface area contributed by atoms with Gasteiger partial charge in [0.15, 0.2) is 0 Å². The van der Waals surface area contributed by atoms with Crippen molar-refractivity contribution in [2.75, 3.05) is 5.75 Å². The van der Waals surface area contributed by atoms with Crippen molar-refractivity contribution in [1.29, 1.82) is 0 Å². The van der Waals surface area contributed by atoms with Crippen molar-refractivity contribution >= 4 is 18.5 Å². The molecular weight excluding hydrogens is 254 g/mol. The van der Waals surface area contributed by atoms with Gasteiger partial charge in [-0.25, -0.2) is 0 Å². The third-order valence-electron chi connectivity index (χ3n) is 3.96. The molecule has 0 radical (unpaired) electrons. The second-order valence-electron chi connectivity index (χ2n) is 5.94. The van der Waals surface area contributed by atoms with Crippen LogP contribution in [0.4, 0.5) is 0 Å². The van der Waals surface area contributed by atoms with E-state index in [0.29, 0.717) is 13.0 Å². The first-order chi connectivity index (χ1) is 9.06. The molecule has 1 aliphatic carbocycles. The normalized spacial score (nSPS) is 16.4. The van der Waals surface area contributed by atoms with Crippen LogP contribution in [0.25, 0.3) is 0 Å². The summed E-state index contributed by atoms with van der Waals surface area (Å²) < 4.78 is 0. The minimum Gasteiger partial charge on any atom is -0.336 e. The van der Waals surface area contributed by atoms with Gasteiger partial charge in [-0.15, -0.1) is 0 Å². The predicted octanol–water partition coefficient (Wildman–Crippen LogP) is 3.52. The van der Waals surface area contributed by atoms with Gasteiger partial charge in [-0.3, -0.25) is 4.79 Å². The molecule has 0 N–H and O–H groups in total. The van der Waals surface area contributed by atoms with Crippen LogP contribution in [0, 0.1) is 5.41 Å². The molecule has 0 heterocycles. The zero-order valence-electron chi connectivity index (χ0n) is 11.8. The number of thiol groups is 1. The highest BCUT2D eigenvalue weighted by Gasteiger charge is 2.43. The number of rotatable bonds is 6. The van der Waals surface area contributed by atoms with E-state index in [1.54, 1.807) is 0 Å². The Morgan fingerprint density at radius 3 is 2.42 bits per heavy atom. The van der Waals surface area contributed by atoms with Crippen LogP contribution in [-0.2, 0) is 11.3 Å². The average molecular weight is 277 g/mol. The largest absolute Gasteiger partial charge is 0.336 e. The number of amides is 1. The van der Waals surface area contributed by atoms with Crippen LogP contribution in [0.1, 0.15) is 38.7 Å². The maximum absolute atomic E-state index is 12.5. The molecule has 0 bridgehead atoms. The van der Waals surface area contributed by atoms with E-state index >= 15 is 0 Å². The lowest BCUT2D eigenvalue weighted by Gasteiger charge is -2.28. The summed E-state index contributed by atoms with van der Waals surface area (Å²) in [5.74, 6) is 1.10. The fraction of sp³-hybridized carbons (Fsp3) is 0.562. The van der Waals surface area contributed by atoms with E-state index in [4.69, 9.17) is 0 Å². The van der Waals surface area contributed by atoms with Gasteiger partial charge in [0.1, 0.15) is 0 Å². The topological polar surface area (TPSA) is 20.3 Å². The van der Waals surface area contributed by atoms with Crippen molar-refractivity contribution in [3.8, 4) is 0 Å². The van der Waals surface area contributed by atoms with Crippen LogP contribution in [0.15, 0.2) is 30.3 Å². The minimum atomic E-state index is 0.198. The minimum absolute atomic E-state index is 0.198. The van der Waals surface area contributed by atoms with Gasteiger partial charge in [0.25, 0.3) is 0 Å². The summed E-state index contributed by atoms with van der Waals surface area (Å²) in [5.41, 5.74) is 1.39. The zero-order valence-corrected chi connectivity index (χ0v) is 12.7. The summed E-state index contributed by atoms with van der Waals surface area (Å²) in [6, 6.07) is 10.4. The lowest BCUT2D eigenvalue weighted by molar-refractivity contribution is -0.134. The molecule has 1 amide bonds. The zero-order chi connectivity index (χ0) is 13.9. The summed E-state index contributed by atoms with van der Waals surface area (Å²) in [4.78, 5) is 14.5. The summed E-state index contributed by atoms with van der Waals surface area (Å²) in [5, 5.41) is 0. The van der Waals surface area contributed by atoms with Gasteiger partial charge in [0, 0.05) is 19.0 Å². The molecule has 0 aromatic heterocycles. The molecule has 2 rings (SSSR count). The smallest absolute Gasteiger partial charge is 0.223 e. The Bertz CT molecular complexity index is 426. The molecule has 0 saturated heterocycles. The summed E-state index contributed by atoms with van der Waals surface area (Å²) >= 11 is 4.39. The highest BCUT2D eigenvalue weighted by Crippen LogP contribution is 2.50. The van der Waals surface area contributed by atoms with E-state index in [-0.39, 0.29) is 17.4 Å². The van der Waals surface area contributed by atoms with Crippen LogP contribution < -0.4 is 0 Å². The highest BCUT2D eigenvalue weighted by atomic mass is 32.1. The number of hydrogen-bond donors (Lipinski definition) is 1. The van der Waals surface area contributed by atoms with Gasteiger partial charge < -0.3 is 4.90 Å². The van der Waals surface area contributed by atoms with Crippen molar-refractivity contribution in [2.24, 2.45) is 5.41 Å². The first kappa shape index (κ1) is 14.4. The Balaban J connectivity index is 2.01. The van der Waals surface area contributed by atoms with E-state index < -0.39 is 0 Å². The van der Waals surface area contributed by atoms with Crippen LogP contribution >= 0.6 is 12.6 Å². The molecule has 2 nitrogen and oxygen atoms in total. The lowest BCUT2D eigenvalue weighted by Crippen LogP contribution is -2.37. The molecule has 0 unspecified atom stereocenters. The van der Waals surface area contributed by atoms with Crippen LogP contribution in [0.5, 0.6) is 0 Å². The SMILES string of the molecule is CC(C)N(Cc1ccccc1)C(=O)CC1(CS)CC1. The Morgan fingerprint density at radius 2 is 1.95 bits per heavy atom. The monoisotopic (exact) mass is 277 g/mol. The molecule has 0 atom stereocenters. The second kappa shape index (κ2) is 6.00. The van der Waals surface area contributed by atoms with Gasteiger partial charge in [0.2, 0.25) is 5.91 Å². The van der Waals surface area contributed by atoms with Crippen molar-refractivity contribution in [2.45, 2.75) is 45.7 Å². The summed E-state index contributed by atoms with van der Waals surface area (Å²) in [6.07, 6.45) is 2.96. The van der Waals surface area contributed by atoms with E-state index in [1.807, 2.05) is 23.1 Å². The number of hydrogen-bond acceptors (Lipinski definition) is 2. The van der Waals surface area contributed by atoms with E-state index in [2.05, 4.69) is 38.6 Å². The van der Waals surface area contributed by atoms with Gasteiger partial charge in [0.05, 0.1) is 0 Å². The van der Waals surface area contributed by atoms with E-state index in [1.165, 1.54) is 5.56 Å². The molecule has 1 aromatic rings. The number of benzene rings is 1. The molecule has 1 aliphatic rings. The first-order valence-corrected chi connectivity index (χ1v) is 7.64. The predicted molar refractivity (Wildman–Crippen MR) is 82.3 cm³/mol. The molecule has 1 saturated carbocycles. The molecule has 0 aliphatic heterocycles. The van der Waals surface area contributed by atoms with E-state index in [0.717, 1.165) is 18.6 Å². The van der Waals surface area contributed by atoms with E-state index in [9.17, 15) is 4.79 Å². The lowest BCUT2D eigenvalue weighted by atomic mass is 10.0. The molecule has 104 valence electrons. The molecule has 3 heteroatoms. The van der Waals surface area contributed by atoms with Gasteiger partial charge in [-0.05, 0) is 43.4 Å². The Hall–Kier alpha value is -0.960. The third kappa shape index (κ3) is 3.75. The maximum atomic E-state index is 12.5. The van der Waals surface area contributed by atoms with Gasteiger partial charge in [-0.2, -0.15) is 12.6 Å². The number of carbonyl (C=O) groups is 1. The fourth-order valence-electron chi connectivity index (χ4n) is 2.33. The third-order valence-corrected chi connectivity index (χ3v) is 4.63. The first-order valence-electron chi connectivity index (χ1n) is 7.01. The number of nitrogens with zero attached hydrogens (tertiary/aromatic N) is 1. The quantitative estimate of drug-likeness (QED) is 0.789. The Morgan fingerprint density at radius 1 is 1.32 bits per heavy atom. The molecular formula is C16H23NOS. The fourth-order valence-corrected chi connectivity index (χ4v) is 2.76. The van der Waals surface area contributed by atoms with Crippen LogP contribution in [-0.4, -0.2) is 22.6 Å². The van der Waals surface area contributed by atoms with Crippen LogP contribution in [0.3, 0.4) is 0 Å². The second-order valence-corrected chi connectivity index (χ2v) is 6.25. The molecule has 19 heavy (non-hydrogen) atoms. The molecule has 1 fully saturated rings. The average Bonchev–Trinajstić information content (AvgIpc) is 3.17. The van der Waals surface area contributed by atoms with Crippen LogP contribution in [0.2, 0.25) is 0 Å².